The molecule has 0 unspecified atom stereocenters. The Labute approximate surface area is 100 Å². The molecule has 0 amide bonds. The Morgan fingerprint density at radius 3 is 2.50 bits per heavy atom. The molecule has 1 aromatic carbocycles. The van der Waals surface area contributed by atoms with E-state index in [0.717, 1.165) is 6.07 Å². The Morgan fingerprint density at radius 2 is 1.88 bits per heavy atom. The molecule has 1 heterocycles. The average Bonchev–Trinajstić information content (AvgIpc) is 2.14. The van der Waals surface area contributed by atoms with Gasteiger partial charge in [0.1, 0.15) is 0 Å². The summed E-state index contributed by atoms with van der Waals surface area (Å²) in [6, 6.07) is 5.42. The van der Waals surface area contributed by atoms with Crippen molar-refractivity contribution in [3.63, 3.8) is 0 Å². The molecule has 0 atom stereocenters. The van der Waals surface area contributed by atoms with Crippen LogP contribution in [-0.2, 0) is 9.05 Å². The quantitative estimate of drug-likeness (QED) is 0.812. The molecule has 7 heteroatoms. The number of H-pyrrole nitrogens is 1. The molecule has 1 aromatic heterocycles. The molecule has 0 radical (unpaired) electrons. The zero-order valence-electron chi connectivity index (χ0n) is 7.70. The lowest BCUT2D eigenvalue weighted by atomic mass is 10.2. The van der Waals surface area contributed by atoms with Crippen LogP contribution in [0.5, 0.6) is 0 Å². The van der Waals surface area contributed by atoms with Crippen LogP contribution < -0.4 is 5.56 Å². The van der Waals surface area contributed by atoms with E-state index in [-0.39, 0.29) is 4.90 Å². The fraction of sp³-hybridized carbons (Fsp3) is 0. The van der Waals surface area contributed by atoms with Crippen LogP contribution in [0.15, 0.2) is 34.0 Å². The standard InChI is InChI=1S/C9H5Cl2NO3S/c10-5-1-2-6-7(3-5)12-9(13)4-8(6)16(11,14)15/h1-4H,(H,12,13). The molecule has 0 spiro atoms. The van der Waals surface area contributed by atoms with Crippen LogP contribution in [0.3, 0.4) is 0 Å². The minimum atomic E-state index is -3.96. The largest absolute Gasteiger partial charge is 0.322 e. The summed E-state index contributed by atoms with van der Waals surface area (Å²) in [5.41, 5.74) is -0.215. The predicted octanol–water partition coefficient (Wildman–Crippen LogP) is 2.11. The van der Waals surface area contributed by atoms with Crippen molar-refractivity contribution in [2.24, 2.45) is 0 Å². The number of pyridine rings is 1. The van der Waals surface area contributed by atoms with Crippen molar-refractivity contribution < 1.29 is 8.42 Å². The number of benzene rings is 1. The number of fused-ring (bicyclic) bond motifs is 1. The second kappa shape index (κ2) is 3.76. The third-order valence-electron chi connectivity index (χ3n) is 2.03. The van der Waals surface area contributed by atoms with Crippen molar-refractivity contribution in [1.82, 2.24) is 4.98 Å². The highest BCUT2D eigenvalue weighted by Gasteiger charge is 2.15. The second-order valence-electron chi connectivity index (χ2n) is 3.13. The van der Waals surface area contributed by atoms with E-state index >= 15 is 0 Å². The van der Waals surface area contributed by atoms with Gasteiger partial charge in [-0.15, -0.1) is 0 Å². The van der Waals surface area contributed by atoms with Crippen LogP contribution in [0.4, 0.5) is 0 Å². The topological polar surface area (TPSA) is 67.0 Å². The monoisotopic (exact) mass is 277 g/mol. The van der Waals surface area contributed by atoms with Crippen LogP contribution in [0.25, 0.3) is 10.9 Å². The summed E-state index contributed by atoms with van der Waals surface area (Å²) in [5, 5.41) is 0.728. The molecule has 0 bridgehead atoms. The Bertz CT molecular complexity index is 721. The molecule has 16 heavy (non-hydrogen) atoms. The zero-order valence-corrected chi connectivity index (χ0v) is 10.0. The van der Waals surface area contributed by atoms with Crippen LogP contribution in [0.1, 0.15) is 0 Å². The maximum absolute atomic E-state index is 11.3. The van der Waals surface area contributed by atoms with E-state index < -0.39 is 14.6 Å². The van der Waals surface area contributed by atoms with Gasteiger partial charge in [0.2, 0.25) is 5.56 Å². The molecule has 2 aromatic rings. The first-order chi connectivity index (χ1) is 7.38. The first-order valence-electron chi connectivity index (χ1n) is 4.15. The van der Waals surface area contributed by atoms with Gasteiger partial charge in [-0.25, -0.2) is 8.42 Å². The van der Waals surface area contributed by atoms with Crippen molar-refractivity contribution in [2.45, 2.75) is 4.90 Å². The lowest BCUT2D eigenvalue weighted by molar-refractivity contribution is 0.610. The van der Waals surface area contributed by atoms with E-state index in [1.165, 1.54) is 18.2 Å². The summed E-state index contributed by atoms with van der Waals surface area (Å²) in [6.45, 7) is 0. The number of halogens is 2. The molecule has 2 rings (SSSR count). The lowest BCUT2D eigenvalue weighted by Gasteiger charge is -2.02. The molecule has 0 saturated heterocycles. The van der Waals surface area contributed by atoms with Gasteiger partial charge in [0.05, 0.1) is 10.4 Å². The van der Waals surface area contributed by atoms with Gasteiger partial charge >= 0.3 is 0 Å². The number of nitrogens with one attached hydrogen (secondary N) is 1. The van der Waals surface area contributed by atoms with Crippen molar-refractivity contribution in [1.29, 1.82) is 0 Å². The average molecular weight is 278 g/mol. The molecular weight excluding hydrogens is 273 g/mol. The van der Waals surface area contributed by atoms with Crippen LogP contribution in [0.2, 0.25) is 5.02 Å². The Morgan fingerprint density at radius 1 is 1.19 bits per heavy atom. The van der Waals surface area contributed by atoms with E-state index in [2.05, 4.69) is 4.98 Å². The number of aromatic nitrogens is 1. The molecule has 0 saturated carbocycles. The minimum absolute atomic E-state index is 0.218. The van der Waals surface area contributed by atoms with Gasteiger partial charge in [-0.1, -0.05) is 17.7 Å². The van der Waals surface area contributed by atoms with Gasteiger partial charge in [0, 0.05) is 27.2 Å². The highest BCUT2D eigenvalue weighted by molar-refractivity contribution is 8.14. The van der Waals surface area contributed by atoms with E-state index in [1.807, 2.05) is 0 Å². The van der Waals surface area contributed by atoms with Gasteiger partial charge < -0.3 is 4.98 Å². The molecule has 4 nitrogen and oxygen atoms in total. The Balaban J connectivity index is 3.00. The van der Waals surface area contributed by atoms with Crippen molar-refractivity contribution in [2.75, 3.05) is 0 Å². The van der Waals surface area contributed by atoms with E-state index in [4.69, 9.17) is 22.3 Å². The first kappa shape index (κ1) is 11.4. The first-order valence-corrected chi connectivity index (χ1v) is 6.84. The SMILES string of the molecule is O=c1cc(S(=O)(=O)Cl)c2ccc(Cl)cc2[nH]1. The molecular formula is C9H5Cl2NO3S. The summed E-state index contributed by atoms with van der Waals surface area (Å²) in [6.07, 6.45) is 0. The van der Waals surface area contributed by atoms with Gasteiger partial charge in [-0.05, 0) is 12.1 Å². The highest BCUT2D eigenvalue weighted by atomic mass is 35.7. The van der Waals surface area contributed by atoms with Crippen molar-refractivity contribution in [3.8, 4) is 0 Å². The number of hydrogen-bond acceptors (Lipinski definition) is 3. The molecule has 1 N–H and O–H groups in total. The number of aromatic amines is 1. The smallest absolute Gasteiger partial charge is 0.262 e. The van der Waals surface area contributed by atoms with Crippen molar-refractivity contribution in [3.05, 3.63) is 39.6 Å². The van der Waals surface area contributed by atoms with Gasteiger partial charge in [0.15, 0.2) is 0 Å². The van der Waals surface area contributed by atoms with Crippen LogP contribution in [0, 0.1) is 0 Å². The maximum atomic E-state index is 11.3. The summed E-state index contributed by atoms with van der Waals surface area (Å²) < 4.78 is 22.5. The van der Waals surface area contributed by atoms with Crippen LogP contribution >= 0.6 is 22.3 Å². The summed E-state index contributed by atoms with van der Waals surface area (Å²) in [7, 11) is 1.28. The van der Waals surface area contributed by atoms with Gasteiger partial charge in [0.25, 0.3) is 9.05 Å². The highest BCUT2D eigenvalue weighted by Crippen LogP contribution is 2.24. The fourth-order valence-electron chi connectivity index (χ4n) is 1.40. The number of rotatable bonds is 1. The van der Waals surface area contributed by atoms with Crippen LogP contribution in [-0.4, -0.2) is 13.4 Å². The normalized spacial score (nSPS) is 11.9. The maximum Gasteiger partial charge on any atom is 0.262 e. The van der Waals surface area contributed by atoms with Crippen molar-refractivity contribution >= 4 is 42.2 Å². The van der Waals surface area contributed by atoms with Gasteiger partial charge in [-0.2, -0.15) is 0 Å². The third kappa shape index (κ3) is 2.07. The zero-order chi connectivity index (χ0) is 11.9. The second-order valence-corrected chi connectivity index (χ2v) is 6.10. The Kier molecular flexibility index (Phi) is 2.69. The summed E-state index contributed by atoms with van der Waals surface area (Å²) >= 11 is 5.73. The molecule has 0 aliphatic carbocycles. The minimum Gasteiger partial charge on any atom is -0.322 e. The van der Waals surface area contributed by atoms with E-state index in [9.17, 15) is 13.2 Å². The van der Waals surface area contributed by atoms with E-state index in [1.54, 1.807) is 0 Å². The summed E-state index contributed by atoms with van der Waals surface area (Å²) in [5.74, 6) is 0. The summed E-state index contributed by atoms with van der Waals surface area (Å²) in [4.78, 5) is 13.5. The Hall–Kier alpha value is -1.04. The molecule has 0 aliphatic rings. The number of hydrogen-bond donors (Lipinski definition) is 1. The third-order valence-corrected chi connectivity index (χ3v) is 3.63. The molecule has 84 valence electrons. The predicted molar refractivity (Wildman–Crippen MR) is 62.6 cm³/mol. The fourth-order valence-corrected chi connectivity index (χ4v) is 2.65. The lowest BCUT2D eigenvalue weighted by Crippen LogP contribution is -2.07. The van der Waals surface area contributed by atoms with Gasteiger partial charge in [-0.3, -0.25) is 4.79 Å². The molecule has 0 aliphatic heterocycles. The van der Waals surface area contributed by atoms with E-state index in [0.29, 0.717) is 15.9 Å². The molecule has 0 fully saturated rings.